The van der Waals surface area contributed by atoms with Crippen LogP contribution in [0.15, 0.2) is 17.4 Å². The number of aliphatic imine (C=N–C) groups is 1. The van der Waals surface area contributed by atoms with E-state index >= 15 is 0 Å². The van der Waals surface area contributed by atoms with Crippen molar-refractivity contribution in [2.45, 2.75) is 73.5 Å². The molecule has 0 aliphatic carbocycles. The van der Waals surface area contributed by atoms with Crippen molar-refractivity contribution < 1.29 is 0 Å². The largest absolute Gasteiger partial charge is 0.357 e. The van der Waals surface area contributed by atoms with Crippen LogP contribution in [-0.4, -0.2) is 52.6 Å². The molecule has 1 aromatic heterocycles. The van der Waals surface area contributed by atoms with Gasteiger partial charge in [-0.15, -0.1) is 0 Å². The van der Waals surface area contributed by atoms with Crippen molar-refractivity contribution in [3.05, 3.63) is 18.2 Å². The molecule has 1 heterocycles. The van der Waals surface area contributed by atoms with Crippen molar-refractivity contribution in [2.24, 2.45) is 10.9 Å². The summed E-state index contributed by atoms with van der Waals surface area (Å²) in [6.07, 6.45) is 6.25. The van der Waals surface area contributed by atoms with Gasteiger partial charge in [-0.05, 0) is 52.2 Å². The van der Waals surface area contributed by atoms with Crippen molar-refractivity contribution in [3.8, 4) is 0 Å². The van der Waals surface area contributed by atoms with E-state index in [1.54, 1.807) is 0 Å². The van der Waals surface area contributed by atoms with Crippen LogP contribution in [0, 0.1) is 5.92 Å². The standard InChI is InChI=1S/C20H40N6/c1-7-21-20(24-18(6)11-10-13-25(8-2)9-3)23-15-19-22-12-14-26(19)16-17(4)5/h12,14,17-18H,7-11,13,15-16H2,1-6H3,(H2,21,23,24). The molecule has 6 heteroatoms. The van der Waals surface area contributed by atoms with Crippen LogP contribution in [-0.2, 0) is 13.1 Å². The highest BCUT2D eigenvalue weighted by atomic mass is 15.2. The number of guanidine groups is 1. The van der Waals surface area contributed by atoms with Crippen LogP contribution in [0.4, 0.5) is 0 Å². The van der Waals surface area contributed by atoms with Crippen LogP contribution in [0.5, 0.6) is 0 Å². The Balaban J connectivity index is 2.54. The van der Waals surface area contributed by atoms with E-state index in [0.29, 0.717) is 18.5 Å². The number of hydrogen-bond acceptors (Lipinski definition) is 3. The van der Waals surface area contributed by atoms with E-state index in [1.165, 1.54) is 13.0 Å². The predicted octanol–water partition coefficient (Wildman–Crippen LogP) is 3.10. The Morgan fingerprint density at radius 3 is 2.58 bits per heavy atom. The summed E-state index contributed by atoms with van der Waals surface area (Å²) in [7, 11) is 0. The fraction of sp³-hybridized carbons (Fsp3) is 0.800. The lowest BCUT2D eigenvalue weighted by atomic mass is 10.2. The molecule has 1 unspecified atom stereocenters. The van der Waals surface area contributed by atoms with Crippen LogP contribution in [0.2, 0.25) is 0 Å². The zero-order valence-electron chi connectivity index (χ0n) is 17.8. The highest BCUT2D eigenvalue weighted by Gasteiger charge is 2.08. The smallest absolute Gasteiger partial charge is 0.191 e. The van der Waals surface area contributed by atoms with Gasteiger partial charge in [-0.3, -0.25) is 0 Å². The summed E-state index contributed by atoms with van der Waals surface area (Å²) in [5, 5.41) is 6.88. The third-order valence-electron chi connectivity index (χ3n) is 4.48. The Morgan fingerprint density at radius 1 is 1.23 bits per heavy atom. The molecule has 0 radical (unpaired) electrons. The van der Waals surface area contributed by atoms with Gasteiger partial charge in [0.1, 0.15) is 12.4 Å². The Bertz CT molecular complexity index is 504. The SMILES string of the molecule is CCNC(=NCc1nccn1CC(C)C)NC(C)CCCN(CC)CC. The second-order valence-corrected chi connectivity index (χ2v) is 7.30. The molecule has 0 fully saturated rings. The van der Waals surface area contributed by atoms with Gasteiger partial charge in [-0.1, -0.05) is 27.7 Å². The molecule has 0 saturated carbocycles. The molecule has 1 aromatic rings. The number of aromatic nitrogens is 2. The van der Waals surface area contributed by atoms with Crippen LogP contribution in [0.1, 0.15) is 60.2 Å². The summed E-state index contributed by atoms with van der Waals surface area (Å²) in [5.74, 6) is 2.50. The van der Waals surface area contributed by atoms with E-state index in [1.807, 2.05) is 12.4 Å². The molecular weight excluding hydrogens is 324 g/mol. The van der Waals surface area contributed by atoms with E-state index in [9.17, 15) is 0 Å². The fourth-order valence-electron chi connectivity index (χ4n) is 2.99. The number of nitrogens with zero attached hydrogens (tertiary/aromatic N) is 4. The number of hydrogen-bond donors (Lipinski definition) is 2. The average Bonchev–Trinajstić information content (AvgIpc) is 3.03. The van der Waals surface area contributed by atoms with Crippen LogP contribution < -0.4 is 10.6 Å². The topological polar surface area (TPSA) is 57.5 Å². The van der Waals surface area contributed by atoms with E-state index in [-0.39, 0.29) is 0 Å². The third-order valence-corrected chi connectivity index (χ3v) is 4.48. The molecule has 0 aliphatic heterocycles. The zero-order chi connectivity index (χ0) is 19.4. The van der Waals surface area contributed by atoms with Gasteiger partial charge in [-0.2, -0.15) is 0 Å². The van der Waals surface area contributed by atoms with Crippen molar-refractivity contribution in [1.82, 2.24) is 25.1 Å². The number of nitrogens with one attached hydrogen (secondary N) is 2. The number of imidazole rings is 1. The predicted molar refractivity (Wildman–Crippen MR) is 112 cm³/mol. The van der Waals surface area contributed by atoms with Gasteiger partial charge in [0.2, 0.25) is 0 Å². The maximum atomic E-state index is 4.74. The molecule has 150 valence electrons. The summed E-state index contributed by atoms with van der Waals surface area (Å²) in [6, 6.07) is 0.402. The molecule has 6 nitrogen and oxygen atoms in total. The quantitative estimate of drug-likeness (QED) is 0.442. The van der Waals surface area contributed by atoms with Crippen molar-refractivity contribution in [1.29, 1.82) is 0 Å². The van der Waals surface area contributed by atoms with E-state index < -0.39 is 0 Å². The van der Waals surface area contributed by atoms with Gasteiger partial charge in [0.15, 0.2) is 5.96 Å². The molecular formula is C20H40N6. The first-order chi connectivity index (χ1) is 12.5. The molecule has 0 bridgehead atoms. The molecule has 1 atom stereocenters. The van der Waals surface area contributed by atoms with Gasteiger partial charge >= 0.3 is 0 Å². The van der Waals surface area contributed by atoms with Gasteiger partial charge in [0.05, 0.1) is 0 Å². The van der Waals surface area contributed by atoms with Crippen LogP contribution >= 0.6 is 0 Å². The molecule has 0 aliphatic rings. The third kappa shape index (κ3) is 8.70. The summed E-state index contributed by atoms with van der Waals surface area (Å²) in [4.78, 5) is 11.7. The minimum atomic E-state index is 0.402. The van der Waals surface area contributed by atoms with E-state index in [4.69, 9.17) is 4.99 Å². The first kappa shape index (κ1) is 22.5. The van der Waals surface area contributed by atoms with Crippen LogP contribution in [0.3, 0.4) is 0 Å². The fourth-order valence-corrected chi connectivity index (χ4v) is 2.99. The lowest BCUT2D eigenvalue weighted by Crippen LogP contribution is -2.42. The Hall–Kier alpha value is -1.56. The minimum Gasteiger partial charge on any atom is -0.357 e. The summed E-state index contributed by atoms with van der Waals surface area (Å²) in [6.45, 7) is 19.1. The van der Waals surface area contributed by atoms with Gasteiger partial charge in [0, 0.05) is 31.5 Å². The highest BCUT2D eigenvalue weighted by Crippen LogP contribution is 2.05. The maximum Gasteiger partial charge on any atom is 0.191 e. The average molecular weight is 365 g/mol. The molecule has 0 amide bonds. The highest BCUT2D eigenvalue weighted by molar-refractivity contribution is 5.79. The second kappa shape index (κ2) is 12.7. The summed E-state index contributed by atoms with van der Waals surface area (Å²) in [5.41, 5.74) is 0. The molecule has 26 heavy (non-hydrogen) atoms. The summed E-state index contributed by atoms with van der Waals surface area (Å²) < 4.78 is 2.20. The minimum absolute atomic E-state index is 0.402. The van der Waals surface area contributed by atoms with Crippen LogP contribution in [0.25, 0.3) is 0 Å². The van der Waals surface area contributed by atoms with Gasteiger partial charge < -0.3 is 20.1 Å². The van der Waals surface area contributed by atoms with Crippen molar-refractivity contribution >= 4 is 5.96 Å². The monoisotopic (exact) mass is 364 g/mol. The molecule has 0 saturated heterocycles. The zero-order valence-corrected chi connectivity index (χ0v) is 17.8. The summed E-state index contributed by atoms with van der Waals surface area (Å²) >= 11 is 0. The Kier molecular flexibility index (Phi) is 11.0. The number of rotatable bonds is 12. The lowest BCUT2D eigenvalue weighted by Gasteiger charge is -2.21. The van der Waals surface area contributed by atoms with E-state index in [0.717, 1.165) is 44.4 Å². The van der Waals surface area contributed by atoms with E-state index in [2.05, 4.69) is 66.6 Å². The molecule has 0 spiro atoms. The second-order valence-electron chi connectivity index (χ2n) is 7.30. The lowest BCUT2D eigenvalue weighted by molar-refractivity contribution is 0.292. The van der Waals surface area contributed by atoms with Gasteiger partial charge in [0.25, 0.3) is 0 Å². The normalized spacial score (nSPS) is 13.5. The maximum absolute atomic E-state index is 4.74. The Morgan fingerprint density at radius 2 is 1.96 bits per heavy atom. The van der Waals surface area contributed by atoms with Gasteiger partial charge in [-0.25, -0.2) is 9.98 Å². The molecule has 0 aromatic carbocycles. The first-order valence-corrected chi connectivity index (χ1v) is 10.3. The first-order valence-electron chi connectivity index (χ1n) is 10.3. The molecule has 2 N–H and O–H groups in total. The van der Waals surface area contributed by atoms with Crippen molar-refractivity contribution in [3.63, 3.8) is 0 Å². The molecule has 1 rings (SSSR count). The Labute approximate surface area is 160 Å². The van der Waals surface area contributed by atoms with Crippen molar-refractivity contribution in [2.75, 3.05) is 26.2 Å².